The third-order valence-electron chi connectivity index (χ3n) is 1.12. The molecule has 0 bridgehead atoms. The van der Waals surface area contributed by atoms with E-state index in [4.69, 9.17) is 5.73 Å². The van der Waals surface area contributed by atoms with Crippen LogP contribution in [0.5, 0.6) is 0 Å². The highest BCUT2D eigenvalue weighted by Gasteiger charge is 1.96. The molecule has 2 heteroatoms. The largest absolute Gasteiger partial charge is 0.402 e. The van der Waals surface area contributed by atoms with E-state index in [9.17, 15) is 4.79 Å². The van der Waals surface area contributed by atoms with Crippen LogP contribution in [0.1, 0.15) is 20.8 Å². The van der Waals surface area contributed by atoms with Gasteiger partial charge in [-0.05, 0) is 20.8 Å². The number of ketones is 1. The lowest BCUT2D eigenvalue weighted by molar-refractivity contribution is -0.113. The van der Waals surface area contributed by atoms with Crippen molar-refractivity contribution in [3.05, 3.63) is 11.3 Å². The fraction of sp³-hybridized carbons (Fsp3) is 0.500. The van der Waals surface area contributed by atoms with Crippen LogP contribution in [0.25, 0.3) is 0 Å². The first-order valence-corrected chi connectivity index (χ1v) is 2.49. The lowest BCUT2D eigenvalue weighted by Gasteiger charge is -1.94. The average molecular weight is 113 g/mol. The summed E-state index contributed by atoms with van der Waals surface area (Å²) >= 11 is 0. The molecule has 0 spiro atoms. The molecule has 0 heterocycles. The van der Waals surface area contributed by atoms with E-state index in [0.717, 1.165) is 0 Å². The summed E-state index contributed by atoms with van der Waals surface area (Å²) in [5.41, 5.74) is 6.56. The predicted molar refractivity (Wildman–Crippen MR) is 33.2 cm³/mol. The van der Waals surface area contributed by atoms with E-state index >= 15 is 0 Å². The monoisotopic (exact) mass is 113 g/mol. The number of nitrogens with two attached hydrogens (primary N) is 1. The second-order valence-electron chi connectivity index (χ2n) is 1.86. The number of Topliss-reactive ketones (excluding diaryl/α,β-unsaturated/α-hetero) is 1. The highest BCUT2D eigenvalue weighted by molar-refractivity contribution is 5.93. The lowest BCUT2D eigenvalue weighted by atomic mass is 10.2. The van der Waals surface area contributed by atoms with E-state index < -0.39 is 0 Å². The molecule has 0 aliphatic carbocycles. The second kappa shape index (κ2) is 2.50. The molecular weight excluding hydrogens is 102 g/mol. The van der Waals surface area contributed by atoms with Crippen LogP contribution in [0.3, 0.4) is 0 Å². The van der Waals surface area contributed by atoms with Gasteiger partial charge in [-0.2, -0.15) is 0 Å². The Morgan fingerprint density at radius 1 is 1.25 bits per heavy atom. The van der Waals surface area contributed by atoms with Crippen LogP contribution in [0, 0.1) is 0 Å². The normalized spacial score (nSPS) is 12.9. The van der Waals surface area contributed by atoms with Crippen molar-refractivity contribution in [1.29, 1.82) is 0 Å². The van der Waals surface area contributed by atoms with Crippen LogP contribution in [-0.2, 0) is 4.79 Å². The molecule has 0 fully saturated rings. The summed E-state index contributed by atoms with van der Waals surface area (Å²) in [5.74, 6) is 0.0463. The Bertz CT molecular complexity index is 131. The third kappa shape index (κ3) is 1.78. The molecule has 0 aromatic carbocycles. The Hall–Kier alpha value is -0.790. The van der Waals surface area contributed by atoms with E-state index in [-0.39, 0.29) is 5.78 Å². The lowest BCUT2D eigenvalue weighted by Crippen LogP contribution is -2.01. The van der Waals surface area contributed by atoms with Gasteiger partial charge in [0.15, 0.2) is 5.78 Å². The highest BCUT2D eigenvalue weighted by Crippen LogP contribution is 1.96. The van der Waals surface area contributed by atoms with Crippen molar-refractivity contribution >= 4 is 5.78 Å². The van der Waals surface area contributed by atoms with Crippen LogP contribution >= 0.6 is 0 Å². The second-order valence-corrected chi connectivity index (χ2v) is 1.86. The molecule has 0 aliphatic rings. The van der Waals surface area contributed by atoms with Gasteiger partial charge in [0, 0.05) is 11.3 Å². The molecule has 0 saturated heterocycles. The van der Waals surface area contributed by atoms with Gasteiger partial charge >= 0.3 is 0 Å². The van der Waals surface area contributed by atoms with Gasteiger partial charge in [0.25, 0.3) is 0 Å². The molecule has 0 saturated carbocycles. The van der Waals surface area contributed by atoms with Gasteiger partial charge < -0.3 is 5.73 Å². The van der Waals surface area contributed by atoms with Crippen molar-refractivity contribution in [3.63, 3.8) is 0 Å². The first kappa shape index (κ1) is 7.21. The Kier molecular flexibility index (Phi) is 2.25. The molecule has 0 unspecified atom stereocenters. The summed E-state index contributed by atoms with van der Waals surface area (Å²) in [7, 11) is 0. The maximum Gasteiger partial charge on any atom is 0.157 e. The number of carbonyl (C=O) groups is 1. The molecule has 2 nitrogen and oxygen atoms in total. The quantitative estimate of drug-likeness (QED) is 0.512. The van der Waals surface area contributed by atoms with Gasteiger partial charge in [0.05, 0.1) is 0 Å². The predicted octanol–water partition coefficient (Wildman–Crippen LogP) is 0.828. The fourth-order valence-corrected chi connectivity index (χ4v) is 0.278. The Morgan fingerprint density at radius 3 is 1.62 bits per heavy atom. The number of carbonyl (C=O) groups excluding carboxylic acids is 1. The van der Waals surface area contributed by atoms with Crippen molar-refractivity contribution in [3.8, 4) is 0 Å². The maximum atomic E-state index is 10.4. The van der Waals surface area contributed by atoms with Crippen LogP contribution in [0.2, 0.25) is 0 Å². The summed E-state index contributed by atoms with van der Waals surface area (Å²) in [4.78, 5) is 10.4. The summed E-state index contributed by atoms with van der Waals surface area (Å²) < 4.78 is 0. The molecule has 0 aromatic heterocycles. The van der Waals surface area contributed by atoms with Crippen LogP contribution in [0.15, 0.2) is 11.3 Å². The summed E-state index contributed by atoms with van der Waals surface area (Å²) in [6.45, 7) is 4.94. The van der Waals surface area contributed by atoms with Crippen molar-refractivity contribution in [2.75, 3.05) is 0 Å². The SMILES string of the molecule is CC(=O)/C(C)=C(\C)N. The summed E-state index contributed by atoms with van der Waals surface area (Å²) in [5, 5.41) is 0. The highest BCUT2D eigenvalue weighted by atomic mass is 16.1. The zero-order chi connectivity index (χ0) is 6.73. The molecule has 2 N–H and O–H groups in total. The summed E-state index contributed by atoms with van der Waals surface area (Å²) in [6.07, 6.45) is 0. The Labute approximate surface area is 49.4 Å². The molecule has 46 valence electrons. The van der Waals surface area contributed by atoms with E-state index in [2.05, 4.69) is 0 Å². The van der Waals surface area contributed by atoms with Gasteiger partial charge in [-0.15, -0.1) is 0 Å². The number of hydrogen-bond donors (Lipinski definition) is 1. The zero-order valence-electron chi connectivity index (χ0n) is 5.49. The molecular formula is C6H11NO. The molecule has 0 atom stereocenters. The van der Waals surface area contributed by atoms with E-state index in [0.29, 0.717) is 11.3 Å². The van der Waals surface area contributed by atoms with Crippen molar-refractivity contribution in [2.24, 2.45) is 5.73 Å². The average Bonchev–Trinajstić information content (AvgIpc) is 1.64. The van der Waals surface area contributed by atoms with E-state index in [1.165, 1.54) is 6.92 Å². The Morgan fingerprint density at radius 2 is 1.62 bits per heavy atom. The van der Waals surface area contributed by atoms with Gasteiger partial charge in [-0.3, -0.25) is 4.79 Å². The summed E-state index contributed by atoms with van der Waals surface area (Å²) in [6, 6.07) is 0. The van der Waals surface area contributed by atoms with Gasteiger partial charge in [0.1, 0.15) is 0 Å². The number of rotatable bonds is 1. The minimum Gasteiger partial charge on any atom is -0.402 e. The van der Waals surface area contributed by atoms with Gasteiger partial charge in [0.2, 0.25) is 0 Å². The smallest absolute Gasteiger partial charge is 0.157 e. The molecule has 0 aromatic rings. The van der Waals surface area contributed by atoms with E-state index in [1.54, 1.807) is 13.8 Å². The molecule has 0 amide bonds. The fourth-order valence-electron chi connectivity index (χ4n) is 0.278. The zero-order valence-corrected chi connectivity index (χ0v) is 5.49. The van der Waals surface area contributed by atoms with Crippen LogP contribution in [-0.4, -0.2) is 5.78 Å². The molecule has 0 aliphatic heterocycles. The molecule has 8 heavy (non-hydrogen) atoms. The minimum atomic E-state index is 0.0463. The standard InChI is InChI=1S/C6H11NO/c1-4(5(2)7)6(3)8/h7H2,1-3H3/b5-4+. The van der Waals surface area contributed by atoms with Crippen LogP contribution in [0.4, 0.5) is 0 Å². The molecule has 0 radical (unpaired) electrons. The number of allylic oxidation sites excluding steroid dienone is 2. The first-order valence-electron chi connectivity index (χ1n) is 2.49. The Balaban J connectivity index is 4.23. The van der Waals surface area contributed by atoms with Gasteiger partial charge in [-0.25, -0.2) is 0 Å². The van der Waals surface area contributed by atoms with Crippen molar-refractivity contribution in [1.82, 2.24) is 0 Å². The van der Waals surface area contributed by atoms with Crippen LogP contribution < -0.4 is 5.73 Å². The van der Waals surface area contributed by atoms with Crippen molar-refractivity contribution in [2.45, 2.75) is 20.8 Å². The first-order chi connectivity index (χ1) is 3.55. The van der Waals surface area contributed by atoms with Crippen molar-refractivity contribution < 1.29 is 4.79 Å². The molecule has 0 rings (SSSR count). The number of hydrogen-bond acceptors (Lipinski definition) is 2. The topological polar surface area (TPSA) is 43.1 Å². The maximum absolute atomic E-state index is 10.4. The minimum absolute atomic E-state index is 0.0463. The van der Waals surface area contributed by atoms with Gasteiger partial charge in [-0.1, -0.05) is 0 Å². The van der Waals surface area contributed by atoms with E-state index in [1.807, 2.05) is 0 Å². The third-order valence-corrected chi connectivity index (χ3v) is 1.12.